The smallest absolute Gasteiger partial charge is 0.0436 e. The molecule has 18 heavy (non-hydrogen) atoms. The highest BCUT2D eigenvalue weighted by Gasteiger charge is 2.42. The lowest BCUT2D eigenvalue weighted by atomic mass is 9.74. The van der Waals surface area contributed by atoms with E-state index in [1.165, 1.54) is 32.1 Å². The summed E-state index contributed by atoms with van der Waals surface area (Å²) < 4.78 is 0. The van der Waals surface area contributed by atoms with Crippen molar-refractivity contribution in [1.82, 2.24) is 5.32 Å². The summed E-state index contributed by atoms with van der Waals surface area (Å²) >= 11 is 0. The van der Waals surface area contributed by atoms with Crippen LogP contribution in [0.2, 0.25) is 0 Å². The molecular weight excluding hydrogens is 222 g/mol. The third-order valence-corrected chi connectivity index (χ3v) is 5.36. The van der Waals surface area contributed by atoms with Gasteiger partial charge in [-0.1, -0.05) is 27.2 Å². The fourth-order valence-electron chi connectivity index (χ4n) is 3.71. The van der Waals surface area contributed by atoms with Crippen molar-refractivity contribution in [2.45, 2.75) is 65.3 Å². The van der Waals surface area contributed by atoms with E-state index in [2.05, 4.69) is 26.1 Å². The third kappa shape index (κ3) is 3.48. The molecule has 2 heteroatoms. The molecule has 0 radical (unpaired) electrons. The molecule has 106 valence electrons. The minimum atomic E-state index is 0.357. The number of aliphatic hydroxyl groups excluding tert-OH is 1. The van der Waals surface area contributed by atoms with E-state index in [-0.39, 0.29) is 0 Å². The summed E-state index contributed by atoms with van der Waals surface area (Å²) in [5, 5.41) is 13.0. The maximum absolute atomic E-state index is 9.13. The Labute approximate surface area is 113 Å². The van der Waals surface area contributed by atoms with E-state index in [1.54, 1.807) is 0 Å². The van der Waals surface area contributed by atoms with Gasteiger partial charge in [-0.2, -0.15) is 0 Å². The minimum Gasteiger partial charge on any atom is -0.396 e. The van der Waals surface area contributed by atoms with Gasteiger partial charge < -0.3 is 10.4 Å². The van der Waals surface area contributed by atoms with Crippen molar-refractivity contribution in [2.24, 2.45) is 23.2 Å². The van der Waals surface area contributed by atoms with Gasteiger partial charge in [0.2, 0.25) is 0 Å². The van der Waals surface area contributed by atoms with Crippen LogP contribution in [0.15, 0.2) is 0 Å². The lowest BCUT2D eigenvalue weighted by molar-refractivity contribution is 0.158. The van der Waals surface area contributed by atoms with Crippen molar-refractivity contribution in [3.05, 3.63) is 0 Å². The summed E-state index contributed by atoms with van der Waals surface area (Å²) in [4.78, 5) is 0. The Bertz CT molecular complexity index is 260. The van der Waals surface area contributed by atoms with Crippen LogP contribution < -0.4 is 5.32 Å². The van der Waals surface area contributed by atoms with Crippen molar-refractivity contribution in [3.8, 4) is 0 Å². The van der Waals surface area contributed by atoms with Gasteiger partial charge in [0, 0.05) is 19.2 Å². The average Bonchev–Trinajstić information content (AvgIpc) is 3.07. The molecule has 2 rings (SSSR count). The molecular formula is C16H31NO. The van der Waals surface area contributed by atoms with E-state index < -0.39 is 0 Å². The first-order valence-corrected chi connectivity index (χ1v) is 7.90. The van der Waals surface area contributed by atoms with Crippen molar-refractivity contribution >= 4 is 0 Å². The van der Waals surface area contributed by atoms with Crippen molar-refractivity contribution in [1.29, 1.82) is 0 Å². The second-order valence-electron chi connectivity index (χ2n) is 7.29. The summed E-state index contributed by atoms with van der Waals surface area (Å²) in [5.74, 6) is 2.53. The van der Waals surface area contributed by atoms with Gasteiger partial charge in [0.1, 0.15) is 0 Å². The van der Waals surface area contributed by atoms with Crippen LogP contribution in [0.1, 0.15) is 59.3 Å². The molecule has 2 N–H and O–H groups in total. The summed E-state index contributed by atoms with van der Waals surface area (Å²) in [6.07, 6.45) is 7.77. The van der Waals surface area contributed by atoms with Crippen LogP contribution in [0.5, 0.6) is 0 Å². The first-order chi connectivity index (χ1) is 8.56. The molecule has 0 amide bonds. The van der Waals surface area contributed by atoms with E-state index >= 15 is 0 Å². The number of nitrogens with one attached hydrogen (secondary N) is 1. The van der Waals surface area contributed by atoms with Crippen LogP contribution in [0.4, 0.5) is 0 Å². The van der Waals surface area contributed by atoms with Gasteiger partial charge >= 0.3 is 0 Å². The second kappa shape index (κ2) is 5.92. The standard InChI is InChI=1S/C16H31NO/c1-12(2)14-5-4-13(3)10-15(14)17-11-16(6-7-16)8-9-18/h12-15,17-18H,4-11H2,1-3H3. The normalized spacial score (nSPS) is 34.8. The maximum atomic E-state index is 9.13. The Morgan fingerprint density at radius 3 is 2.56 bits per heavy atom. The van der Waals surface area contributed by atoms with Crippen molar-refractivity contribution in [2.75, 3.05) is 13.2 Å². The fraction of sp³-hybridized carbons (Fsp3) is 1.00. The molecule has 2 aliphatic carbocycles. The number of rotatable bonds is 6. The second-order valence-corrected chi connectivity index (χ2v) is 7.29. The summed E-state index contributed by atoms with van der Waals surface area (Å²) in [6.45, 7) is 8.63. The molecule has 0 bridgehead atoms. The average molecular weight is 253 g/mol. The first kappa shape index (κ1) is 14.3. The van der Waals surface area contributed by atoms with E-state index in [0.717, 1.165) is 30.7 Å². The Morgan fingerprint density at radius 2 is 2.00 bits per heavy atom. The quantitative estimate of drug-likeness (QED) is 0.762. The van der Waals surface area contributed by atoms with E-state index in [1.807, 2.05) is 0 Å². The molecule has 0 aromatic heterocycles. The lowest BCUT2D eigenvalue weighted by Gasteiger charge is -2.38. The Balaban J connectivity index is 1.85. The van der Waals surface area contributed by atoms with E-state index in [4.69, 9.17) is 5.11 Å². The molecule has 3 atom stereocenters. The van der Waals surface area contributed by atoms with Crippen LogP contribution >= 0.6 is 0 Å². The molecule has 2 fully saturated rings. The molecule has 2 nitrogen and oxygen atoms in total. The summed E-state index contributed by atoms with van der Waals surface area (Å²) in [6, 6.07) is 0.713. The third-order valence-electron chi connectivity index (χ3n) is 5.36. The van der Waals surface area contributed by atoms with Gasteiger partial charge in [-0.15, -0.1) is 0 Å². The van der Waals surface area contributed by atoms with Gasteiger partial charge in [0.05, 0.1) is 0 Å². The zero-order valence-electron chi connectivity index (χ0n) is 12.4. The Morgan fingerprint density at radius 1 is 1.28 bits per heavy atom. The highest BCUT2D eigenvalue weighted by atomic mass is 16.3. The van der Waals surface area contributed by atoms with Crippen LogP contribution in [0.3, 0.4) is 0 Å². The van der Waals surface area contributed by atoms with Gasteiger partial charge in [0.15, 0.2) is 0 Å². The molecule has 0 saturated heterocycles. The highest BCUT2D eigenvalue weighted by Crippen LogP contribution is 2.48. The molecule has 3 unspecified atom stereocenters. The van der Waals surface area contributed by atoms with Crippen LogP contribution in [0, 0.1) is 23.2 Å². The topological polar surface area (TPSA) is 32.3 Å². The van der Waals surface area contributed by atoms with Crippen LogP contribution in [-0.4, -0.2) is 24.3 Å². The summed E-state index contributed by atoms with van der Waals surface area (Å²) in [7, 11) is 0. The van der Waals surface area contributed by atoms with Gasteiger partial charge in [-0.3, -0.25) is 0 Å². The zero-order valence-corrected chi connectivity index (χ0v) is 12.4. The Hall–Kier alpha value is -0.0800. The van der Waals surface area contributed by atoms with Crippen LogP contribution in [0.25, 0.3) is 0 Å². The zero-order chi connectivity index (χ0) is 13.2. The predicted octanol–water partition coefficient (Wildman–Crippen LogP) is 3.20. The van der Waals surface area contributed by atoms with Crippen molar-refractivity contribution in [3.63, 3.8) is 0 Å². The molecule has 0 aromatic rings. The molecule has 2 aliphatic rings. The van der Waals surface area contributed by atoms with Gasteiger partial charge in [0.25, 0.3) is 0 Å². The molecule has 0 aliphatic heterocycles. The van der Waals surface area contributed by atoms with Crippen molar-refractivity contribution < 1.29 is 5.11 Å². The summed E-state index contributed by atoms with van der Waals surface area (Å²) in [5.41, 5.74) is 0.455. The number of hydrogen-bond acceptors (Lipinski definition) is 2. The Kier molecular flexibility index (Phi) is 4.71. The minimum absolute atomic E-state index is 0.357. The molecule has 0 heterocycles. The molecule has 2 saturated carbocycles. The predicted molar refractivity (Wildman–Crippen MR) is 76.5 cm³/mol. The molecule has 0 spiro atoms. The number of aliphatic hydroxyl groups is 1. The largest absolute Gasteiger partial charge is 0.396 e. The monoisotopic (exact) mass is 253 g/mol. The molecule has 0 aromatic carbocycles. The van der Waals surface area contributed by atoms with Crippen LogP contribution in [-0.2, 0) is 0 Å². The maximum Gasteiger partial charge on any atom is 0.0436 e. The first-order valence-electron chi connectivity index (χ1n) is 7.90. The lowest BCUT2D eigenvalue weighted by Crippen LogP contribution is -2.45. The fourth-order valence-corrected chi connectivity index (χ4v) is 3.71. The van der Waals surface area contributed by atoms with E-state index in [9.17, 15) is 0 Å². The van der Waals surface area contributed by atoms with Gasteiger partial charge in [-0.25, -0.2) is 0 Å². The highest BCUT2D eigenvalue weighted by molar-refractivity contribution is 4.96. The number of hydrogen-bond donors (Lipinski definition) is 2. The van der Waals surface area contributed by atoms with Gasteiger partial charge in [-0.05, 0) is 55.3 Å². The SMILES string of the molecule is CC1CCC(C(C)C)C(NCC2(CCO)CC2)C1. The van der Waals surface area contributed by atoms with E-state index in [0.29, 0.717) is 18.1 Å².